The van der Waals surface area contributed by atoms with Crippen molar-refractivity contribution in [1.82, 2.24) is 4.72 Å². The Balaban J connectivity index is 1.74. The summed E-state index contributed by atoms with van der Waals surface area (Å²) in [4.78, 5) is 4.12. The van der Waals surface area contributed by atoms with E-state index >= 15 is 0 Å². The summed E-state index contributed by atoms with van der Waals surface area (Å²) < 4.78 is 57.2. The van der Waals surface area contributed by atoms with Crippen LogP contribution in [0.25, 0.3) is 0 Å². The Hall–Kier alpha value is -3.77. The molecule has 1 atom stereocenters. The molecule has 0 saturated carbocycles. The van der Waals surface area contributed by atoms with Gasteiger partial charge in [-0.2, -0.15) is 5.26 Å². The monoisotopic (exact) mass is 452 g/mol. The maximum atomic E-state index is 14.9. The summed E-state index contributed by atoms with van der Waals surface area (Å²) >= 11 is 0. The van der Waals surface area contributed by atoms with Crippen LogP contribution in [-0.4, -0.2) is 14.4 Å². The van der Waals surface area contributed by atoms with Crippen LogP contribution in [0.4, 0.5) is 14.5 Å². The third-order valence-electron chi connectivity index (χ3n) is 5.23. The van der Waals surface area contributed by atoms with Crippen molar-refractivity contribution in [2.45, 2.75) is 24.3 Å². The van der Waals surface area contributed by atoms with Crippen LogP contribution in [0.3, 0.4) is 0 Å². The molecule has 1 heterocycles. The Labute approximate surface area is 184 Å². The number of hydrogen-bond donors (Lipinski definition) is 2. The predicted octanol–water partition coefficient (Wildman–Crippen LogP) is 4.25. The van der Waals surface area contributed by atoms with Gasteiger partial charge in [-0.05, 0) is 41.5 Å². The van der Waals surface area contributed by atoms with Gasteiger partial charge in [0.1, 0.15) is 16.5 Å². The summed E-state index contributed by atoms with van der Waals surface area (Å²) in [6, 6.07) is 16.9. The minimum Gasteiger partial charge on any atom is -0.324 e. The number of halogens is 2. The van der Waals surface area contributed by atoms with Gasteiger partial charge in [0.25, 0.3) is 10.0 Å². The van der Waals surface area contributed by atoms with Crippen LogP contribution >= 0.6 is 0 Å². The number of rotatable bonds is 4. The average molecular weight is 452 g/mol. The molecule has 2 N–H and O–H groups in total. The lowest BCUT2D eigenvalue weighted by atomic mass is 9.91. The standard InChI is InChI=1S/C23H18F2N4O2S/c1-14(17-4-2-3-5-18(17)24)21-19(25)10-11-20-22(21)28-23(29-32(20,30)31)27-13-16-8-6-15(12-26)7-9-16/h2-11,14H,13H2,1H3,(H2,27,28,29). The number of nitriles is 1. The lowest BCUT2D eigenvalue weighted by Crippen LogP contribution is -2.41. The predicted molar refractivity (Wildman–Crippen MR) is 117 cm³/mol. The van der Waals surface area contributed by atoms with E-state index in [1.807, 2.05) is 6.07 Å². The second-order valence-electron chi connectivity index (χ2n) is 7.28. The van der Waals surface area contributed by atoms with E-state index in [1.165, 1.54) is 18.2 Å². The molecule has 162 valence electrons. The Morgan fingerprint density at radius 3 is 2.44 bits per heavy atom. The van der Waals surface area contributed by atoms with Gasteiger partial charge in [-0.3, -0.25) is 0 Å². The molecule has 0 radical (unpaired) electrons. The summed E-state index contributed by atoms with van der Waals surface area (Å²) in [5, 5.41) is 11.8. The minimum absolute atomic E-state index is 0.0260. The van der Waals surface area contributed by atoms with Crippen molar-refractivity contribution in [3.63, 3.8) is 0 Å². The van der Waals surface area contributed by atoms with Crippen LogP contribution in [0, 0.1) is 23.0 Å². The first-order valence-electron chi connectivity index (χ1n) is 9.70. The van der Waals surface area contributed by atoms with E-state index in [4.69, 9.17) is 5.26 Å². The van der Waals surface area contributed by atoms with E-state index in [0.717, 1.165) is 17.7 Å². The molecule has 0 amide bonds. The Morgan fingerprint density at radius 2 is 1.75 bits per heavy atom. The molecule has 0 saturated heterocycles. The zero-order valence-electron chi connectivity index (χ0n) is 16.9. The first-order chi connectivity index (χ1) is 15.3. The van der Waals surface area contributed by atoms with Crippen molar-refractivity contribution < 1.29 is 17.2 Å². The molecule has 1 unspecified atom stereocenters. The number of nitrogens with one attached hydrogen (secondary N) is 2. The van der Waals surface area contributed by atoms with Gasteiger partial charge in [-0.15, -0.1) is 0 Å². The van der Waals surface area contributed by atoms with E-state index in [2.05, 4.69) is 15.0 Å². The molecule has 6 nitrogen and oxygen atoms in total. The van der Waals surface area contributed by atoms with Crippen molar-refractivity contribution >= 4 is 21.7 Å². The summed E-state index contributed by atoms with van der Waals surface area (Å²) in [6.45, 7) is 1.74. The fourth-order valence-corrected chi connectivity index (χ4v) is 4.74. The van der Waals surface area contributed by atoms with Crippen LogP contribution in [0.5, 0.6) is 0 Å². The molecule has 9 heteroatoms. The molecule has 0 aromatic heterocycles. The van der Waals surface area contributed by atoms with Gasteiger partial charge in [0, 0.05) is 11.5 Å². The first kappa shape index (κ1) is 21.5. The van der Waals surface area contributed by atoms with E-state index in [1.54, 1.807) is 37.3 Å². The number of sulfonamides is 1. The Bertz CT molecular complexity index is 1360. The number of nitrogens with zero attached hydrogens (tertiary/aromatic N) is 2. The van der Waals surface area contributed by atoms with E-state index in [9.17, 15) is 17.2 Å². The lowest BCUT2D eigenvalue weighted by molar-refractivity contribution is 0.577. The Morgan fingerprint density at radius 1 is 1.03 bits per heavy atom. The number of aliphatic imine (C=N–C) groups is 1. The summed E-state index contributed by atoms with van der Waals surface area (Å²) in [6.07, 6.45) is 0. The molecule has 0 spiro atoms. The summed E-state index contributed by atoms with van der Waals surface area (Å²) in [7, 11) is -4.02. The van der Waals surface area contributed by atoms with Crippen molar-refractivity contribution in [1.29, 1.82) is 5.26 Å². The number of fused-ring (bicyclic) bond motifs is 1. The van der Waals surface area contributed by atoms with Crippen molar-refractivity contribution in [2.24, 2.45) is 4.99 Å². The molecule has 4 rings (SSSR count). The third-order valence-corrected chi connectivity index (χ3v) is 6.61. The topological polar surface area (TPSA) is 94.3 Å². The van der Waals surface area contributed by atoms with Crippen LogP contribution in [0.15, 0.2) is 70.6 Å². The van der Waals surface area contributed by atoms with E-state index in [0.29, 0.717) is 5.56 Å². The quantitative estimate of drug-likeness (QED) is 0.619. The highest BCUT2D eigenvalue weighted by Crippen LogP contribution is 2.38. The molecular weight excluding hydrogens is 434 g/mol. The van der Waals surface area contributed by atoms with Gasteiger partial charge in [-0.1, -0.05) is 37.3 Å². The largest absolute Gasteiger partial charge is 0.324 e. The first-order valence-corrected chi connectivity index (χ1v) is 11.2. The van der Waals surface area contributed by atoms with Gasteiger partial charge in [-0.25, -0.2) is 26.9 Å². The highest BCUT2D eigenvalue weighted by atomic mass is 32.2. The van der Waals surface area contributed by atoms with Crippen molar-refractivity contribution in [3.05, 3.63) is 94.6 Å². The van der Waals surface area contributed by atoms with Gasteiger partial charge in [0.15, 0.2) is 0 Å². The van der Waals surface area contributed by atoms with Gasteiger partial charge in [0.05, 0.1) is 23.9 Å². The Kier molecular flexibility index (Phi) is 5.63. The van der Waals surface area contributed by atoms with Gasteiger partial charge < -0.3 is 5.32 Å². The zero-order valence-corrected chi connectivity index (χ0v) is 17.7. The fraction of sp³-hybridized carbons (Fsp3) is 0.130. The highest BCUT2D eigenvalue weighted by molar-refractivity contribution is 7.90. The maximum absolute atomic E-state index is 14.9. The normalized spacial score (nSPS) is 16.4. The molecule has 0 fully saturated rings. The number of anilines is 1. The summed E-state index contributed by atoms with van der Waals surface area (Å²) in [5.74, 6) is -2.00. The van der Waals surface area contributed by atoms with Gasteiger partial charge >= 0.3 is 0 Å². The fourth-order valence-electron chi connectivity index (χ4n) is 3.59. The van der Waals surface area contributed by atoms with Gasteiger partial charge in [0.2, 0.25) is 5.96 Å². The molecule has 1 aliphatic rings. The van der Waals surface area contributed by atoms with E-state index < -0.39 is 27.6 Å². The van der Waals surface area contributed by atoms with Crippen molar-refractivity contribution in [2.75, 3.05) is 5.32 Å². The van der Waals surface area contributed by atoms with Crippen LogP contribution in [0.2, 0.25) is 0 Å². The van der Waals surface area contributed by atoms with Crippen molar-refractivity contribution in [3.8, 4) is 6.07 Å². The van der Waals surface area contributed by atoms with Crippen LogP contribution < -0.4 is 10.0 Å². The number of guanidine groups is 1. The molecule has 1 aliphatic heterocycles. The SMILES string of the molecule is CC(c1ccccc1F)c1c(F)ccc2c1NC(=NCc1ccc(C#N)cc1)NS2(=O)=O. The molecule has 3 aromatic rings. The molecule has 0 bridgehead atoms. The van der Waals surface area contributed by atoms with E-state index in [-0.39, 0.29) is 34.2 Å². The van der Waals surface area contributed by atoms with Crippen LogP contribution in [0.1, 0.15) is 35.1 Å². The second-order valence-corrected chi connectivity index (χ2v) is 8.93. The summed E-state index contributed by atoms with van der Waals surface area (Å²) in [5.41, 5.74) is 1.55. The smallest absolute Gasteiger partial charge is 0.266 e. The average Bonchev–Trinajstić information content (AvgIpc) is 2.77. The molecular formula is C23H18F2N4O2S. The zero-order chi connectivity index (χ0) is 22.9. The highest BCUT2D eigenvalue weighted by Gasteiger charge is 2.32. The molecule has 32 heavy (non-hydrogen) atoms. The molecule has 3 aromatic carbocycles. The number of benzene rings is 3. The maximum Gasteiger partial charge on any atom is 0.266 e. The lowest BCUT2D eigenvalue weighted by Gasteiger charge is -2.26. The van der Waals surface area contributed by atoms with Crippen LogP contribution in [-0.2, 0) is 16.6 Å². The molecule has 0 aliphatic carbocycles. The minimum atomic E-state index is -4.02. The second kappa shape index (κ2) is 8.40. The third kappa shape index (κ3) is 4.05. The number of hydrogen-bond acceptors (Lipinski definition) is 4.